The molecule has 1 aliphatic rings. The van der Waals surface area contributed by atoms with Crippen molar-refractivity contribution in [2.24, 2.45) is 0 Å². The van der Waals surface area contributed by atoms with Crippen LogP contribution in [0.3, 0.4) is 0 Å². The summed E-state index contributed by atoms with van der Waals surface area (Å²) < 4.78 is 0. The molecule has 1 N–H and O–H groups in total. The molecule has 0 unspecified atom stereocenters. The molecule has 0 atom stereocenters. The van der Waals surface area contributed by atoms with E-state index < -0.39 is 0 Å². The number of carbonyl (C=O) groups excluding carboxylic acids is 2. The van der Waals surface area contributed by atoms with Crippen LogP contribution in [0.2, 0.25) is 0 Å². The number of nitrogens with one attached hydrogen (secondary N) is 1. The van der Waals surface area contributed by atoms with Crippen molar-refractivity contribution in [3.63, 3.8) is 0 Å². The van der Waals surface area contributed by atoms with E-state index >= 15 is 0 Å². The molecule has 0 bridgehead atoms. The highest BCUT2D eigenvalue weighted by atomic mass is 16.2. The summed E-state index contributed by atoms with van der Waals surface area (Å²) in [5, 5.41) is 2.80. The molecule has 0 saturated carbocycles. The Morgan fingerprint density at radius 2 is 1.94 bits per heavy atom. The lowest BCUT2D eigenvalue weighted by molar-refractivity contribution is -0.134. The molecular weight excluding hydrogens is 228 g/mol. The smallest absolute Gasteiger partial charge is 0.243 e. The second-order valence-electron chi connectivity index (χ2n) is 4.54. The second-order valence-corrected chi connectivity index (χ2v) is 4.54. The van der Waals surface area contributed by atoms with Gasteiger partial charge in [-0.2, -0.15) is 0 Å². The van der Waals surface area contributed by atoms with Gasteiger partial charge in [0.2, 0.25) is 11.8 Å². The van der Waals surface area contributed by atoms with Crippen molar-refractivity contribution in [2.75, 3.05) is 18.4 Å². The summed E-state index contributed by atoms with van der Waals surface area (Å²) in [5.41, 5.74) is 0.768. The van der Waals surface area contributed by atoms with Gasteiger partial charge in [-0.3, -0.25) is 9.59 Å². The standard InChI is InChI=1S/C14H18N2O2/c17-13(15-12-7-3-1-4-8-12)11-16-10-6-2-5-9-14(16)18/h1,3-4,7-8H,2,5-6,9-11H2,(H,15,17). The number of hydrogen-bond donors (Lipinski definition) is 1. The first-order chi connectivity index (χ1) is 8.75. The van der Waals surface area contributed by atoms with Crippen LogP contribution in [0.25, 0.3) is 0 Å². The Morgan fingerprint density at radius 3 is 2.72 bits per heavy atom. The molecule has 2 rings (SSSR count). The highest BCUT2D eigenvalue weighted by molar-refractivity contribution is 5.94. The normalized spacial score (nSPS) is 16.2. The molecule has 4 nitrogen and oxygen atoms in total. The fraction of sp³-hybridized carbons (Fsp3) is 0.429. The van der Waals surface area contributed by atoms with E-state index in [4.69, 9.17) is 0 Å². The minimum Gasteiger partial charge on any atom is -0.333 e. The Kier molecular flexibility index (Phi) is 4.34. The quantitative estimate of drug-likeness (QED) is 0.887. The largest absolute Gasteiger partial charge is 0.333 e. The number of benzene rings is 1. The molecule has 2 amide bonds. The molecule has 18 heavy (non-hydrogen) atoms. The van der Waals surface area contributed by atoms with Crippen molar-refractivity contribution in [1.29, 1.82) is 0 Å². The van der Waals surface area contributed by atoms with E-state index in [1.54, 1.807) is 4.90 Å². The van der Waals surface area contributed by atoms with Crippen LogP contribution in [-0.4, -0.2) is 29.8 Å². The first kappa shape index (κ1) is 12.6. The third-order valence-electron chi connectivity index (χ3n) is 3.06. The minimum absolute atomic E-state index is 0.0933. The van der Waals surface area contributed by atoms with Crippen molar-refractivity contribution in [3.05, 3.63) is 30.3 Å². The van der Waals surface area contributed by atoms with Gasteiger partial charge in [0, 0.05) is 18.7 Å². The van der Waals surface area contributed by atoms with Gasteiger partial charge in [0.05, 0.1) is 6.54 Å². The SMILES string of the molecule is O=C(CN1CCCCCC1=O)Nc1ccccc1. The second kappa shape index (κ2) is 6.19. The average Bonchev–Trinajstić information content (AvgIpc) is 2.56. The van der Waals surface area contributed by atoms with Gasteiger partial charge in [0.25, 0.3) is 0 Å². The average molecular weight is 246 g/mol. The minimum atomic E-state index is -0.128. The van der Waals surface area contributed by atoms with E-state index in [0.29, 0.717) is 13.0 Å². The van der Waals surface area contributed by atoms with Crippen LogP contribution < -0.4 is 5.32 Å². The molecule has 0 aliphatic carbocycles. The summed E-state index contributed by atoms with van der Waals surface area (Å²) in [6.07, 6.45) is 3.57. The van der Waals surface area contributed by atoms with Gasteiger partial charge in [0.1, 0.15) is 0 Å². The molecule has 1 aliphatic heterocycles. The van der Waals surface area contributed by atoms with Crippen LogP contribution in [0.4, 0.5) is 5.69 Å². The lowest BCUT2D eigenvalue weighted by Gasteiger charge is -2.19. The maximum Gasteiger partial charge on any atom is 0.243 e. The number of nitrogens with zero attached hydrogens (tertiary/aromatic N) is 1. The first-order valence-corrected chi connectivity index (χ1v) is 6.38. The predicted molar refractivity (Wildman–Crippen MR) is 70.1 cm³/mol. The Morgan fingerprint density at radius 1 is 1.17 bits per heavy atom. The van der Waals surface area contributed by atoms with Crippen LogP contribution in [-0.2, 0) is 9.59 Å². The van der Waals surface area contributed by atoms with Crippen molar-refractivity contribution in [1.82, 2.24) is 4.90 Å². The fourth-order valence-corrected chi connectivity index (χ4v) is 2.10. The van der Waals surface area contributed by atoms with Gasteiger partial charge in [-0.15, -0.1) is 0 Å². The number of carbonyl (C=O) groups is 2. The number of anilines is 1. The summed E-state index contributed by atoms with van der Waals surface area (Å²) in [4.78, 5) is 25.2. The molecule has 1 fully saturated rings. The molecular formula is C14H18N2O2. The van der Waals surface area contributed by atoms with E-state index in [2.05, 4.69) is 5.32 Å². The monoisotopic (exact) mass is 246 g/mol. The van der Waals surface area contributed by atoms with Crippen LogP contribution >= 0.6 is 0 Å². The summed E-state index contributed by atoms with van der Waals surface area (Å²) in [6, 6.07) is 9.30. The summed E-state index contributed by atoms with van der Waals surface area (Å²) in [5.74, 6) is -0.0350. The number of hydrogen-bond acceptors (Lipinski definition) is 2. The first-order valence-electron chi connectivity index (χ1n) is 6.38. The highest BCUT2D eigenvalue weighted by Crippen LogP contribution is 2.11. The van der Waals surface area contributed by atoms with E-state index in [0.717, 1.165) is 24.9 Å². The van der Waals surface area contributed by atoms with E-state index in [1.165, 1.54) is 0 Å². The van der Waals surface area contributed by atoms with E-state index in [-0.39, 0.29) is 18.4 Å². The molecule has 0 radical (unpaired) electrons. The van der Waals surface area contributed by atoms with Gasteiger partial charge in [-0.25, -0.2) is 0 Å². The van der Waals surface area contributed by atoms with Crippen LogP contribution in [0.5, 0.6) is 0 Å². The summed E-state index contributed by atoms with van der Waals surface area (Å²) in [6.45, 7) is 0.856. The molecule has 1 heterocycles. The fourth-order valence-electron chi connectivity index (χ4n) is 2.10. The number of para-hydroxylation sites is 1. The summed E-state index contributed by atoms with van der Waals surface area (Å²) >= 11 is 0. The van der Waals surface area contributed by atoms with Gasteiger partial charge < -0.3 is 10.2 Å². The molecule has 4 heteroatoms. The predicted octanol–water partition coefficient (Wildman–Crippen LogP) is 2.03. The highest BCUT2D eigenvalue weighted by Gasteiger charge is 2.18. The zero-order valence-corrected chi connectivity index (χ0v) is 10.4. The number of likely N-dealkylation sites (tertiary alicyclic amines) is 1. The van der Waals surface area contributed by atoms with Gasteiger partial charge in [0.15, 0.2) is 0 Å². The molecule has 96 valence electrons. The van der Waals surface area contributed by atoms with Gasteiger partial charge in [-0.05, 0) is 25.0 Å². The van der Waals surface area contributed by atoms with Gasteiger partial charge in [-0.1, -0.05) is 24.6 Å². The summed E-state index contributed by atoms with van der Waals surface area (Å²) in [7, 11) is 0. The topological polar surface area (TPSA) is 49.4 Å². The Balaban J connectivity index is 1.88. The number of amides is 2. The van der Waals surface area contributed by atoms with Crippen molar-refractivity contribution >= 4 is 17.5 Å². The molecule has 1 aromatic carbocycles. The van der Waals surface area contributed by atoms with Crippen molar-refractivity contribution in [3.8, 4) is 0 Å². The van der Waals surface area contributed by atoms with E-state index in [9.17, 15) is 9.59 Å². The van der Waals surface area contributed by atoms with Crippen LogP contribution in [0, 0.1) is 0 Å². The molecule has 1 saturated heterocycles. The molecule has 0 aromatic heterocycles. The Labute approximate surface area is 107 Å². The third-order valence-corrected chi connectivity index (χ3v) is 3.06. The van der Waals surface area contributed by atoms with Gasteiger partial charge >= 0.3 is 0 Å². The Bertz CT molecular complexity index is 417. The maximum absolute atomic E-state index is 11.8. The maximum atomic E-state index is 11.8. The zero-order chi connectivity index (χ0) is 12.8. The van der Waals surface area contributed by atoms with Crippen molar-refractivity contribution < 1.29 is 9.59 Å². The number of rotatable bonds is 3. The van der Waals surface area contributed by atoms with Crippen LogP contribution in [0.1, 0.15) is 25.7 Å². The lowest BCUT2D eigenvalue weighted by Crippen LogP contribution is -2.37. The Hall–Kier alpha value is -1.84. The zero-order valence-electron chi connectivity index (χ0n) is 10.4. The third kappa shape index (κ3) is 3.58. The molecule has 0 spiro atoms. The van der Waals surface area contributed by atoms with Crippen LogP contribution in [0.15, 0.2) is 30.3 Å². The molecule has 1 aromatic rings. The lowest BCUT2D eigenvalue weighted by atomic mass is 10.2. The van der Waals surface area contributed by atoms with Crippen molar-refractivity contribution in [2.45, 2.75) is 25.7 Å². The van der Waals surface area contributed by atoms with E-state index in [1.807, 2.05) is 30.3 Å².